The van der Waals surface area contributed by atoms with Crippen LogP contribution in [0.15, 0.2) is 41.3 Å². The van der Waals surface area contributed by atoms with Crippen LogP contribution < -0.4 is 15.6 Å². The molecule has 4 aromatic rings. The number of hydrogen-bond acceptors (Lipinski definition) is 5. The number of aromatic nitrogens is 3. The smallest absolute Gasteiger partial charge is 0.274 e. The van der Waals surface area contributed by atoms with Gasteiger partial charge >= 0.3 is 0 Å². The summed E-state index contributed by atoms with van der Waals surface area (Å²) in [6.07, 6.45) is 1.62. The first kappa shape index (κ1) is 27.1. The molecule has 3 heterocycles. The van der Waals surface area contributed by atoms with Gasteiger partial charge in [0.1, 0.15) is 34.1 Å². The van der Waals surface area contributed by atoms with E-state index >= 15 is 0 Å². The van der Waals surface area contributed by atoms with Crippen LogP contribution in [0, 0.1) is 19.7 Å². The summed E-state index contributed by atoms with van der Waals surface area (Å²) in [5.41, 5.74) is 0.885. The summed E-state index contributed by atoms with van der Waals surface area (Å²) in [5, 5.41) is 14.1. The van der Waals surface area contributed by atoms with Crippen molar-refractivity contribution in [3.8, 4) is 22.8 Å². The predicted octanol–water partition coefficient (Wildman–Crippen LogP) is 5.23. The maximum Gasteiger partial charge on any atom is 0.274 e. The lowest BCUT2D eigenvalue weighted by atomic mass is 10.0. The molecule has 0 unspecified atom stereocenters. The molecule has 3 N–H and O–H groups in total. The van der Waals surface area contributed by atoms with Crippen molar-refractivity contribution in [3.05, 3.63) is 75.2 Å². The summed E-state index contributed by atoms with van der Waals surface area (Å²) in [4.78, 5) is 33.7. The highest BCUT2D eigenvalue weighted by Gasteiger charge is 2.25. The summed E-state index contributed by atoms with van der Waals surface area (Å²) in [5.74, 6) is 0.105. The number of nitrogens with one attached hydrogen (secondary N) is 2. The van der Waals surface area contributed by atoms with E-state index in [-0.39, 0.29) is 28.5 Å². The van der Waals surface area contributed by atoms with Gasteiger partial charge in [-0.05, 0) is 89.9 Å². The van der Waals surface area contributed by atoms with Crippen LogP contribution in [-0.4, -0.2) is 31.1 Å². The van der Waals surface area contributed by atoms with Gasteiger partial charge in [-0.1, -0.05) is 0 Å². The molecule has 0 aliphatic carbocycles. The number of aryl methyl sites for hydroxylation is 3. The monoisotopic (exact) mass is 520 g/mol. The van der Waals surface area contributed by atoms with Crippen molar-refractivity contribution >= 4 is 16.8 Å². The van der Waals surface area contributed by atoms with Gasteiger partial charge in [-0.2, -0.15) is 0 Å². The topological polar surface area (TPSA) is 109 Å². The van der Waals surface area contributed by atoms with Gasteiger partial charge in [0, 0.05) is 29.7 Å². The third kappa shape index (κ3) is 5.33. The van der Waals surface area contributed by atoms with E-state index in [1.54, 1.807) is 59.1 Å². The zero-order valence-electron chi connectivity index (χ0n) is 22.9. The zero-order valence-corrected chi connectivity index (χ0v) is 22.9. The average molecular weight is 521 g/mol. The van der Waals surface area contributed by atoms with Crippen molar-refractivity contribution in [2.75, 3.05) is 0 Å². The molecule has 0 aliphatic heterocycles. The van der Waals surface area contributed by atoms with E-state index in [1.807, 2.05) is 20.8 Å². The SMILES string of the molecule is Cc1cc(F)cc(C)c1Oc1ccc(C(C)(C)O)nc1-c1cn(C)c(=O)c2[nH]c(C(=O)NC(C)(C)C)cc12. The van der Waals surface area contributed by atoms with Crippen LogP contribution in [0.4, 0.5) is 4.39 Å². The molecular formula is C29H33FN4O4. The second kappa shape index (κ2) is 9.40. The fraction of sp³-hybridized carbons (Fsp3) is 0.345. The molecule has 0 radical (unpaired) electrons. The second-order valence-electron chi connectivity index (χ2n) is 11.2. The highest BCUT2D eigenvalue weighted by Crippen LogP contribution is 2.39. The molecule has 0 aliphatic rings. The Morgan fingerprint density at radius 3 is 2.32 bits per heavy atom. The number of H-pyrrole nitrogens is 1. The lowest BCUT2D eigenvalue weighted by molar-refractivity contribution is 0.0739. The van der Waals surface area contributed by atoms with Gasteiger partial charge in [0.15, 0.2) is 5.75 Å². The molecule has 200 valence electrons. The van der Waals surface area contributed by atoms with E-state index in [9.17, 15) is 19.1 Å². The van der Waals surface area contributed by atoms with Gasteiger partial charge in [0.05, 0.1) is 5.69 Å². The van der Waals surface area contributed by atoms with Crippen molar-refractivity contribution in [1.82, 2.24) is 19.9 Å². The maximum absolute atomic E-state index is 13.9. The number of carbonyl (C=O) groups excluding carboxylic acids is 1. The summed E-state index contributed by atoms with van der Waals surface area (Å²) in [6, 6.07) is 7.73. The maximum atomic E-state index is 13.9. The van der Waals surface area contributed by atoms with Gasteiger partial charge in [-0.3, -0.25) is 9.59 Å². The van der Waals surface area contributed by atoms with Crippen LogP contribution in [-0.2, 0) is 12.6 Å². The van der Waals surface area contributed by atoms with E-state index in [0.29, 0.717) is 45.0 Å². The van der Waals surface area contributed by atoms with Crippen LogP contribution in [0.25, 0.3) is 22.2 Å². The molecule has 1 aromatic carbocycles. The molecule has 0 spiro atoms. The van der Waals surface area contributed by atoms with E-state index in [1.165, 1.54) is 16.7 Å². The van der Waals surface area contributed by atoms with Crippen molar-refractivity contribution in [1.29, 1.82) is 0 Å². The van der Waals surface area contributed by atoms with E-state index in [2.05, 4.69) is 10.3 Å². The Bertz CT molecular complexity index is 1600. The average Bonchev–Trinajstić information content (AvgIpc) is 3.23. The number of carbonyl (C=O) groups is 1. The molecule has 9 heteroatoms. The van der Waals surface area contributed by atoms with Crippen LogP contribution in [0.2, 0.25) is 0 Å². The summed E-state index contributed by atoms with van der Waals surface area (Å²) >= 11 is 0. The number of aromatic amines is 1. The second-order valence-corrected chi connectivity index (χ2v) is 11.2. The number of ether oxygens (including phenoxy) is 1. The number of rotatable bonds is 5. The molecule has 0 saturated carbocycles. The number of halogens is 1. The minimum absolute atomic E-state index is 0.228. The standard InChI is InChI=1S/C29H33FN4O4/c1-15-11-17(30)12-16(2)25(15)38-21-9-10-22(29(6,7)37)32-23(21)19-14-34(8)27(36)24-18(19)13-20(31-24)26(35)33-28(3,4)5/h9-14,31,37H,1-8H3,(H,33,35). The Kier molecular flexibility index (Phi) is 6.69. The molecule has 38 heavy (non-hydrogen) atoms. The predicted molar refractivity (Wildman–Crippen MR) is 145 cm³/mol. The van der Waals surface area contributed by atoms with Gasteiger partial charge in [-0.15, -0.1) is 0 Å². The summed E-state index contributed by atoms with van der Waals surface area (Å²) < 4.78 is 21.6. The molecule has 0 saturated heterocycles. The minimum Gasteiger partial charge on any atom is -0.455 e. The molecule has 0 bridgehead atoms. The quantitative estimate of drug-likeness (QED) is 0.334. The number of pyridine rings is 2. The number of nitrogens with zero attached hydrogens (tertiary/aromatic N) is 2. The van der Waals surface area contributed by atoms with E-state index in [4.69, 9.17) is 9.72 Å². The largest absolute Gasteiger partial charge is 0.455 e. The highest BCUT2D eigenvalue weighted by atomic mass is 19.1. The summed E-state index contributed by atoms with van der Waals surface area (Å²) in [6.45, 7) is 12.3. The van der Waals surface area contributed by atoms with E-state index < -0.39 is 11.1 Å². The molecule has 3 aromatic heterocycles. The highest BCUT2D eigenvalue weighted by molar-refractivity contribution is 6.02. The van der Waals surface area contributed by atoms with Crippen LogP contribution in [0.3, 0.4) is 0 Å². The first-order valence-electron chi connectivity index (χ1n) is 12.3. The Morgan fingerprint density at radius 1 is 1.11 bits per heavy atom. The fourth-order valence-electron chi connectivity index (χ4n) is 4.28. The molecule has 1 amide bonds. The lowest BCUT2D eigenvalue weighted by Crippen LogP contribution is -2.40. The number of hydrogen-bond donors (Lipinski definition) is 3. The molecule has 4 rings (SSSR count). The Morgan fingerprint density at radius 2 is 1.74 bits per heavy atom. The number of amides is 1. The number of fused-ring (bicyclic) bond motifs is 1. The van der Waals surface area contributed by atoms with Crippen LogP contribution in [0.1, 0.15) is 61.9 Å². The van der Waals surface area contributed by atoms with Gasteiger partial charge in [0.25, 0.3) is 11.5 Å². The van der Waals surface area contributed by atoms with Gasteiger partial charge in [0.2, 0.25) is 0 Å². The normalized spacial score (nSPS) is 12.2. The minimum atomic E-state index is -1.26. The Balaban J connectivity index is 1.98. The number of aliphatic hydroxyl groups is 1. The van der Waals surface area contributed by atoms with Crippen LogP contribution in [0.5, 0.6) is 11.5 Å². The Hall–Kier alpha value is -3.98. The van der Waals surface area contributed by atoms with Crippen molar-refractivity contribution in [2.45, 2.75) is 59.6 Å². The third-order valence-corrected chi connectivity index (χ3v) is 6.08. The van der Waals surface area contributed by atoms with Crippen molar-refractivity contribution < 1.29 is 19.0 Å². The van der Waals surface area contributed by atoms with Gasteiger partial charge < -0.3 is 24.7 Å². The zero-order chi connectivity index (χ0) is 28.2. The summed E-state index contributed by atoms with van der Waals surface area (Å²) in [7, 11) is 1.61. The van der Waals surface area contributed by atoms with Crippen molar-refractivity contribution in [2.24, 2.45) is 7.05 Å². The third-order valence-electron chi connectivity index (χ3n) is 6.08. The molecule has 0 atom stereocenters. The lowest BCUT2D eigenvalue weighted by Gasteiger charge is -2.21. The van der Waals surface area contributed by atoms with Gasteiger partial charge in [-0.25, -0.2) is 9.37 Å². The molecule has 8 nitrogen and oxygen atoms in total. The van der Waals surface area contributed by atoms with E-state index in [0.717, 1.165) is 0 Å². The van der Waals surface area contributed by atoms with Crippen molar-refractivity contribution in [3.63, 3.8) is 0 Å². The molecule has 0 fully saturated rings. The Labute approximate surface area is 220 Å². The first-order valence-corrected chi connectivity index (χ1v) is 12.3. The first-order chi connectivity index (χ1) is 17.5. The number of benzene rings is 1. The molecular weight excluding hydrogens is 487 g/mol. The fourth-order valence-corrected chi connectivity index (χ4v) is 4.28. The van der Waals surface area contributed by atoms with Crippen LogP contribution >= 0.6 is 0 Å².